The van der Waals surface area contributed by atoms with Gasteiger partial charge < -0.3 is 5.11 Å². The number of hydrogen-bond donors (Lipinski definition) is 1. The normalized spacial score (nSPS) is 14.0. The summed E-state index contributed by atoms with van der Waals surface area (Å²) >= 11 is 0. The molecule has 3 aromatic rings. The van der Waals surface area contributed by atoms with Crippen LogP contribution in [0.3, 0.4) is 0 Å². The highest BCUT2D eigenvalue weighted by Gasteiger charge is 2.27. The van der Waals surface area contributed by atoms with Gasteiger partial charge in [0, 0.05) is 22.7 Å². The van der Waals surface area contributed by atoms with Gasteiger partial charge in [0.25, 0.3) is 0 Å². The summed E-state index contributed by atoms with van der Waals surface area (Å²) in [5.41, 5.74) is 2.09. The van der Waals surface area contributed by atoms with Crippen LogP contribution in [0.5, 0.6) is 0 Å². The first-order valence-electron chi connectivity index (χ1n) is 7.35. The van der Waals surface area contributed by atoms with E-state index in [1.54, 1.807) is 24.3 Å². The minimum atomic E-state index is -0.193. The molecule has 0 spiro atoms. The second-order valence-corrected chi connectivity index (χ2v) is 5.39. The van der Waals surface area contributed by atoms with E-state index < -0.39 is 0 Å². The minimum Gasteiger partial charge on any atom is -0.506 e. The van der Waals surface area contributed by atoms with E-state index in [1.165, 1.54) is 6.21 Å². The van der Waals surface area contributed by atoms with Gasteiger partial charge in [-0.15, -0.1) is 0 Å². The van der Waals surface area contributed by atoms with E-state index in [0.29, 0.717) is 11.1 Å². The summed E-state index contributed by atoms with van der Waals surface area (Å²) < 4.78 is 0. The molecule has 0 saturated carbocycles. The second-order valence-electron chi connectivity index (χ2n) is 5.39. The van der Waals surface area contributed by atoms with Crippen LogP contribution in [-0.4, -0.2) is 17.1 Å². The number of aliphatic hydroxyl groups is 1. The molecule has 1 aliphatic carbocycles. The van der Waals surface area contributed by atoms with Gasteiger partial charge in [0.05, 0.1) is 11.3 Å². The smallest absolute Gasteiger partial charge is 0.199 e. The van der Waals surface area contributed by atoms with Crippen LogP contribution in [-0.2, 0) is 0 Å². The van der Waals surface area contributed by atoms with Crippen molar-refractivity contribution in [1.82, 2.24) is 0 Å². The summed E-state index contributed by atoms with van der Waals surface area (Å²) in [7, 11) is 0. The first-order valence-corrected chi connectivity index (χ1v) is 7.35. The fourth-order valence-corrected chi connectivity index (χ4v) is 2.86. The van der Waals surface area contributed by atoms with E-state index >= 15 is 0 Å². The third-order valence-corrected chi connectivity index (χ3v) is 4.03. The Morgan fingerprint density at radius 2 is 1.52 bits per heavy atom. The Balaban J connectivity index is 1.78. The Morgan fingerprint density at radius 3 is 2.35 bits per heavy atom. The van der Waals surface area contributed by atoms with Crippen LogP contribution in [0.15, 0.2) is 77.3 Å². The summed E-state index contributed by atoms with van der Waals surface area (Å²) in [6.45, 7) is 0. The van der Waals surface area contributed by atoms with Crippen molar-refractivity contribution in [2.24, 2.45) is 4.99 Å². The maximum atomic E-state index is 12.4. The highest BCUT2D eigenvalue weighted by atomic mass is 16.3. The number of ketones is 1. The van der Waals surface area contributed by atoms with Crippen LogP contribution < -0.4 is 0 Å². The number of hydrogen-bond acceptors (Lipinski definition) is 3. The Bertz CT molecular complexity index is 994. The molecule has 0 atom stereocenters. The molecule has 0 saturated heterocycles. The predicted octanol–water partition coefficient (Wildman–Crippen LogP) is 4.71. The number of benzene rings is 3. The summed E-state index contributed by atoms with van der Waals surface area (Å²) in [5.74, 6) is -0.198. The largest absolute Gasteiger partial charge is 0.506 e. The van der Waals surface area contributed by atoms with Gasteiger partial charge in [0.15, 0.2) is 5.78 Å². The molecule has 1 N–H and O–H groups in total. The molecule has 0 bridgehead atoms. The van der Waals surface area contributed by atoms with Crippen LogP contribution in [0.1, 0.15) is 15.9 Å². The van der Waals surface area contributed by atoms with Gasteiger partial charge >= 0.3 is 0 Å². The average Bonchev–Trinajstić information content (AvgIpc) is 2.84. The first-order chi connectivity index (χ1) is 11.3. The lowest BCUT2D eigenvalue weighted by molar-refractivity contribution is 0.104. The highest BCUT2D eigenvalue weighted by Crippen LogP contribution is 2.31. The molecule has 0 radical (unpaired) electrons. The molecule has 3 aromatic carbocycles. The fourth-order valence-electron chi connectivity index (χ4n) is 2.86. The van der Waals surface area contributed by atoms with E-state index in [2.05, 4.69) is 4.99 Å². The van der Waals surface area contributed by atoms with Gasteiger partial charge in [0.1, 0.15) is 5.76 Å². The average molecular weight is 299 g/mol. The summed E-state index contributed by atoms with van der Waals surface area (Å²) in [6.07, 6.45) is 1.46. The summed E-state index contributed by atoms with van der Waals surface area (Å²) in [4.78, 5) is 16.8. The zero-order valence-corrected chi connectivity index (χ0v) is 12.2. The quantitative estimate of drug-likeness (QED) is 0.697. The Labute approximate surface area is 133 Å². The number of rotatable bonds is 2. The highest BCUT2D eigenvalue weighted by molar-refractivity contribution is 6.30. The summed E-state index contributed by atoms with van der Waals surface area (Å²) in [5, 5.41) is 12.4. The lowest BCUT2D eigenvalue weighted by Crippen LogP contribution is -1.99. The number of carbonyl (C=O) groups is 1. The molecular weight excluding hydrogens is 286 g/mol. The van der Waals surface area contributed by atoms with Crippen LogP contribution in [0.4, 0.5) is 5.69 Å². The number of nitrogens with zero attached hydrogens (tertiary/aromatic N) is 1. The van der Waals surface area contributed by atoms with Crippen molar-refractivity contribution in [3.63, 3.8) is 0 Å². The van der Waals surface area contributed by atoms with Gasteiger partial charge in [0.2, 0.25) is 0 Å². The lowest BCUT2D eigenvalue weighted by Gasteiger charge is -2.01. The number of fused-ring (bicyclic) bond motifs is 2. The van der Waals surface area contributed by atoms with Crippen molar-refractivity contribution in [2.45, 2.75) is 0 Å². The predicted molar refractivity (Wildman–Crippen MR) is 92.4 cm³/mol. The van der Waals surface area contributed by atoms with Gasteiger partial charge in [-0.25, -0.2) is 0 Å². The topological polar surface area (TPSA) is 49.7 Å². The minimum absolute atomic E-state index is 0.00501. The molecule has 3 heteroatoms. The molecule has 0 aromatic heterocycles. The van der Waals surface area contributed by atoms with E-state index in [0.717, 1.165) is 16.5 Å². The second kappa shape index (κ2) is 5.21. The zero-order chi connectivity index (χ0) is 15.8. The molecule has 0 amide bonds. The standard InChI is InChI=1S/C20H13NO2/c22-19-15-9-3-4-10-16(15)20(23)17(19)12-21-18-11-5-7-13-6-1-2-8-14(13)18/h1-12,22H. The molecule has 110 valence electrons. The van der Waals surface area contributed by atoms with Gasteiger partial charge in [-0.2, -0.15) is 0 Å². The molecule has 0 aliphatic heterocycles. The van der Waals surface area contributed by atoms with E-state index in [9.17, 15) is 9.90 Å². The van der Waals surface area contributed by atoms with Crippen molar-refractivity contribution in [3.8, 4) is 0 Å². The number of carbonyl (C=O) groups excluding carboxylic acids is 1. The summed E-state index contributed by atoms with van der Waals surface area (Å²) in [6, 6.07) is 20.8. The SMILES string of the molecule is O=C1C(C=Nc2cccc3ccccc23)=C(O)c2ccccc21. The maximum absolute atomic E-state index is 12.4. The first kappa shape index (κ1) is 13.5. The van der Waals surface area contributed by atoms with Gasteiger partial charge in [-0.1, -0.05) is 60.7 Å². The molecule has 4 rings (SSSR count). The van der Waals surface area contributed by atoms with E-state index in [4.69, 9.17) is 0 Å². The monoisotopic (exact) mass is 299 g/mol. The van der Waals surface area contributed by atoms with Crippen molar-refractivity contribution in [2.75, 3.05) is 0 Å². The number of allylic oxidation sites excluding steroid dienone is 1. The third-order valence-electron chi connectivity index (χ3n) is 4.03. The van der Waals surface area contributed by atoms with Crippen LogP contribution in [0, 0.1) is 0 Å². The van der Waals surface area contributed by atoms with Crippen molar-refractivity contribution < 1.29 is 9.90 Å². The molecule has 0 unspecified atom stereocenters. The van der Waals surface area contributed by atoms with E-state index in [1.807, 2.05) is 42.5 Å². The third kappa shape index (κ3) is 2.14. The Hall–Kier alpha value is -3.20. The fraction of sp³-hybridized carbons (Fsp3) is 0. The Kier molecular flexibility index (Phi) is 3.05. The van der Waals surface area contributed by atoms with Crippen molar-refractivity contribution in [3.05, 3.63) is 83.4 Å². The molecule has 23 heavy (non-hydrogen) atoms. The van der Waals surface area contributed by atoms with Crippen LogP contribution in [0.25, 0.3) is 16.5 Å². The van der Waals surface area contributed by atoms with Crippen molar-refractivity contribution >= 4 is 34.2 Å². The van der Waals surface area contributed by atoms with Crippen molar-refractivity contribution in [1.29, 1.82) is 0 Å². The number of aliphatic hydroxyl groups excluding tert-OH is 1. The molecule has 3 nitrogen and oxygen atoms in total. The van der Waals surface area contributed by atoms with Crippen LogP contribution in [0.2, 0.25) is 0 Å². The molecule has 0 fully saturated rings. The van der Waals surface area contributed by atoms with Gasteiger partial charge in [-0.3, -0.25) is 9.79 Å². The van der Waals surface area contributed by atoms with Crippen LogP contribution >= 0.6 is 0 Å². The Morgan fingerprint density at radius 1 is 0.826 bits per heavy atom. The zero-order valence-electron chi connectivity index (χ0n) is 12.2. The maximum Gasteiger partial charge on any atom is 0.199 e. The molecule has 1 aliphatic rings. The molecular formula is C20H13NO2. The number of Topliss-reactive ketones (excluding diaryl/α,β-unsaturated/α-hetero) is 1. The van der Waals surface area contributed by atoms with E-state index in [-0.39, 0.29) is 17.1 Å². The lowest BCUT2D eigenvalue weighted by atomic mass is 10.1. The van der Waals surface area contributed by atoms with Gasteiger partial charge in [-0.05, 0) is 11.5 Å². The number of aliphatic imine (C=N–C) groups is 1. The molecule has 0 heterocycles.